The predicted octanol–water partition coefficient (Wildman–Crippen LogP) is 7.99. The van der Waals surface area contributed by atoms with Gasteiger partial charge in [0.2, 0.25) is 0 Å². The quantitative estimate of drug-likeness (QED) is 0.0977. The van der Waals surface area contributed by atoms with Crippen LogP contribution in [0.25, 0.3) is 0 Å². The minimum atomic E-state index is -2.00. The molecular formula is C49H64NO11P. The van der Waals surface area contributed by atoms with Crippen LogP contribution in [0.15, 0.2) is 71.8 Å². The molecule has 8 rings (SSSR count). The Kier molecular flexibility index (Phi) is 11.6. The number of fused-ring (bicyclic) bond motifs is 4. The number of carbonyl (C=O) groups is 4. The molecule has 12 nitrogen and oxygen atoms in total. The number of hydrogen-bond donors (Lipinski definition) is 2. The van der Waals surface area contributed by atoms with Crippen molar-refractivity contribution in [2.24, 2.45) is 33.5 Å². The molecule has 13 heteroatoms. The second kappa shape index (κ2) is 15.7. The van der Waals surface area contributed by atoms with E-state index >= 15 is 4.79 Å². The van der Waals surface area contributed by atoms with Gasteiger partial charge < -0.3 is 38.8 Å². The molecule has 4 bridgehead atoms. The molecule has 62 heavy (non-hydrogen) atoms. The Hall–Kier alpha value is -3.93. The van der Waals surface area contributed by atoms with E-state index in [1.807, 2.05) is 71.9 Å². The number of nitrogens with one attached hydrogen (secondary N) is 1. The maximum atomic E-state index is 15.9. The van der Waals surface area contributed by atoms with Crippen LogP contribution in [-0.4, -0.2) is 89.8 Å². The molecule has 0 unspecified atom stereocenters. The van der Waals surface area contributed by atoms with E-state index in [1.165, 1.54) is 7.11 Å². The summed E-state index contributed by atoms with van der Waals surface area (Å²) in [7, 11) is 6.90. The van der Waals surface area contributed by atoms with Gasteiger partial charge in [-0.25, -0.2) is 9.59 Å². The standard InChI is InChI=1S/C49H64NO11P/c1-13-30(35(28-20-16-14-17-21-28)50-42(54)61-43(3,4)5)39(62)58-31-25-48(55)40(59-38(52)29-22-18-15-19-23-29)47(10)46(9,37(51)36(57-12)34(27(31)2)44(48,6)7)33(56-11)24-32-45(8)26-49(32,47)60-41(45)53/h14-23,30-33,35-36,40,55,62H,13,24-26H2,1-12H3,(H,50,54)/t30-,31+,32+,33+,35+,36-,40+,45-,46+,47+,48-,49+/m1/s1. The molecule has 2 aromatic carbocycles. The van der Waals surface area contributed by atoms with Gasteiger partial charge in [0.25, 0.3) is 0 Å². The van der Waals surface area contributed by atoms with Crippen LogP contribution in [0.5, 0.6) is 0 Å². The molecule has 4 aliphatic carbocycles. The maximum absolute atomic E-state index is 15.9. The molecule has 12 atom stereocenters. The minimum Gasteiger partial charge on any atom is -0.457 e. The molecule has 2 saturated heterocycles. The molecule has 336 valence electrons. The third-order valence-corrected chi connectivity index (χ3v) is 16.4. The fourth-order valence-corrected chi connectivity index (χ4v) is 12.9. The van der Waals surface area contributed by atoms with Crippen LogP contribution in [0.3, 0.4) is 0 Å². The monoisotopic (exact) mass is 873 g/mol. The van der Waals surface area contributed by atoms with Gasteiger partial charge in [0.15, 0.2) is 5.78 Å². The number of amides is 1. The van der Waals surface area contributed by atoms with Gasteiger partial charge in [-0.3, -0.25) is 9.59 Å². The van der Waals surface area contributed by atoms with E-state index in [1.54, 1.807) is 65.1 Å². The number of benzene rings is 2. The lowest BCUT2D eigenvalue weighted by molar-refractivity contribution is -0.329. The number of rotatable bonds is 11. The van der Waals surface area contributed by atoms with Crippen molar-refractivity contribution in [1.82, 2.24) is 5.32 Å². The van der Waals surface area contributed by atoms with Crippen LogP contribution in [-0.2, 0) is 38.0 Å². The van der Waals surface area contributed by atoms with Crippen molar-refractivity contribution in [3.8, 4) is 0 Å². The molecule has 1 amide bonds. The number of esters is 2. The normalized spacial score (nSPS) is 36.7. The van der Waals surface area contributed by atoms with Crippen molar-refractivity contribution in [1.29, 1.82) is 0 Å². The highest BCUT2D eigenvalue weighted by Crippen LogP contribution is 2.80. The van der Waals surface area contributed by atoms with Crippen LogP contribution in [0.1, 0.15) is 117 Å². The van der Waals surface area contributed by atoms with Crippen molar-refractivity contribution in [2.75, 3.05) is 14.2 Å². The van der Waals surface area contributed by atoms with E-state index in [0.29, 0.717) is 29.5 Å². The Morgan fingerprint density at radius 2 is 1.56 bits per heavy atom. The van der Waals surface area contributed by atoms with Gasteiger partial charge in [0, 0.05) is 44.3 Å². The zero-order valence-electron chi connectivity index (χ0n) is 38.2. The van der Waals surface area contributed by atoms with Crippen LogP contribution >= 0.6 is 8.86 Å². The van der Waals surface area contributed by atoms with Gasteiger partial charge in [-0.1, -0.05) is 85.1 Å². The second-order valence-electron chi connectivity index (χ2n) is 20.3. The van der Waals surface area contributed by atoms with Gasteiger partial charge in [-0.15, -0.1) is 0 Å². The fourth-order valence-electron chi connectivity index (χ4n) is 12.4. The SMILES string of the molecule is CC[C@@H](C(=P)O[C@H]1C[C@@]2(O)[C@@H](OC(=O)c3ccccc3)[C@]3(C)[C@@]45C[C@@](C)(C(=O)O4)[C@@H]5C[C@H](OC)[C@@]3(C)C(=O)[C@H](OC)C(=C1C)C2(C)C)[C@@H](NC(=O)OC(C)(C)C)c1ccccc1. The number of alkyl carbamates (subject to hydrolysis) is 1. The highest BCUT2D eigenvalue weighted by molar-refractivity contribution is 7.20. The van der Waals surface area contributed by atoms with E-state index in [0.717, 1.165) is 5.56 Å². The average molecular weight is 874 g/mol. The van der Waals surface area contributed by atoms with E-state index in [4.69, 9.17) is 28.4 Å². The molecule has 5 fully saturated rings. The molecule has 0 aromatic heterocycles. The van der Waals surface area contributed by atoms with Gasteiger partial charge in [0.05, 0.1) is 45.5 Å². The third kappa shape index (κ3) is 6.47. The smallest absolute Gasteiger partial charge is 0.408 e. The fraction of sp³-hybridized carbons (Fsp3) is 0.612. The summed E-state index contributed by atoms with van der Waals surface area (Å²) in [6, 6.07) is 17.4. The lowest BCUT2D eigenvalue weighted by atomic mass is 9.32. The zero-order chi connectivity index (χ0) is 45.6. The van der Waals surface area contributed by atoms with Crippen molar-refractivity contribution < 1.29 is 52.7 Å². The number of methoxy groups -OCH3 is 2. The highest BCUT2D eigenvalue weighted by Gasteiger charge is 2.90. The van der Waals surface area contributed by atoms with E-state index < -0.39 is 98.8 Å². The first-order valence-corrected chi connectivity index (χ1v) is 22.3. The molecular weight excluding hydrogens is 810 g/mol. The Morgan fingerprint density at radius 3 is 2.11 bits per heavy atom. The predicted molar refractivity (Wildman–Crippen MR) is 235 cm³/mol. The molecule has 0 radical (unpaired) electrons. The lowest BCUT2D eigenvalue weighted by Crippen LogP contribution is -2.83. The molecule has 2 aromatic rings. The molecule has 2 heterocycles. The number of hydrogen-bond acceptors (Lipinski definition) is 11. The first kappa shape index (κ1) is 46.1. The van der Waals surface area contributed by atoms with Gasteiger partial charge in [-0.2, -0.15) is 0 Å². The Balaban J connectivity index is 1.41. The third-order valence-electron chi connectivity index (χ3n) is 15.9. The zero-order valence-corrected chi connectivity index (χ0v) is 39.2. The van der Waals surface area contributed by atoms with E-state index in [-0.39, 0.29) is 24.2 Å². The first-order valence-electron chi connectivity index (χ1n) is 21.8. The van der Waals surface area contributed by atoms with Crippen LogP contribution in [0.4, 0.5) is 4.79 Å². The minimum absolute atomic E-state index is 0.109. The highest BCUT2D eigenvalue weighted by atomic mass is 31.0. The summed E-state index contributed by atoms with van der Waals surface area (Å²) in [6.07, 6.45) is -3.98. The summed E-state index contributed by atoms with van der Waals surface area (Å²) < 4.78 is 38.6. The number of ether oxygens (including phenoxy) is 6. The topological polar surface area (TPSA) is 156 Å². The molecule has 2 N–H and O–H groups in total. The molecule has 2 aliphatic heterocycles. The Labute approximate surface area is 368 Å². The van der Waals surface area contributed by atoms with Crippen LogP contribution in [0.2, 0.25) is 0 Å². The number of carbonyl (C=O) groups excluding carboxylic acids is 4. The summed E-state index contributed by atoms with van der Waals surface area (Å²) in [4.78, 5) is 57.8. The van der Waals surface area contributed by atoms with Crippen molar-refractivity contribution in [3.05, 3.63) is 82.9 Å². The molecule has 1 spiro atoms. The number of Topliss-reactive ketones (excluding diaryl/α,β-unsaturated/α-hetero) is 1. The van der Waals surface area contributed by atoms with Crippen LogP contribution < -0.4 is 5.32 Å². The average Bonchev–Trinajstić information content (AvgIpc) is 3.62. The van der Waals surface area contributed by atoms with Crippen molar-refractivity contribution >= 4 is 38.2 Å². The Bertz CT molecular complexity index is 2170. The van der Waals surface area contributed by atoms with Gasteiger partial charge in [-0.05, 0) is 83.2 Å². The second-order valence-corrected chi connectivity index (χ2v) is 20.8. The van der Waals surface area contributed by atoms with Crippen molar-refractivity contribution in [2.45, 2.75) is 142 Å². The van der Waals surface area contributed by atoms with Gasteiger partial charge in [0.1, 0.15) is 29.0 Å². The summed E-state index contributed by atoms with van der Waals surface area (Å²) in [6.45, 7) is 18.5. The van der Waals surface area contributed by atoms with E-state index in [9.17, 15) is 19.5 Å². The summed E-state index contributed by atoms with van der Waals surface area (Å²) in [5, 5.41) is 17.2. The molecule has 6 aliphatic rings. The van der Waals surface area contributed by atoms with Crippen LogP contribution in [0, 0.1) is 33.5 Å². The van der Waals surface area contributed by atoms with Crippen molar-refractivity contribution in [3.63, 3.8) is 0 Å². The summed E-state index contributed by atoms with van der Waals surface area (Å²) >= 11 is 0. The number of ketones is 1. The largest absolute Gasteiger partial charge is 0.457 e. The lowest BCUT2D eigenvalue weighted by Gasteiger charge is -2.73. The van der Waals surface area contributed by atoms with Gasteiger partial charge >= 0.3 is 18.0 Å². The first-order chi connectivity index (χ1) is 28.9. The summed E-state index contributed by atoms with van der Waals surface area (Å²) in [5.74, 6) is -2.31. The maximum Gasteiger partial charge on any atom is 0.408 e. The summed E-state index contributed by atoms with van der Waals surface area (Å²) in [5.41, 5.74) is -6.75. The number of aliphatic hydroxyl groups is 1. The van der Waals surface area contributed by atoms with E-state index in [2.05, 4.69) is 14.2 Å². The Morgan fingerprint density at radius 1 is 0.952 bits per heavy atom. The molecule has 3 saturated carbocycles.